The molecule has 1 aliphatic rings. The number of thiocarbonyl (C=S) groups is 1. The smallest absolute Gasteiger partial charge is 0.187 e. The molecule has 2 aromatic rings. The molecule has 0 aromatic heterocycles. The van der Waals surface area contributed by atoms with E-state index in [4.69, 9.17) is 33.3 Å². The van der Waals surface area contributed by atoms with Crippen molar-refractivity contribution < 1.29 is 9.47 Å². The van der Waals surface area contributed by atoms with Gasteiger partial charge in [-0.25, -0.2) is 0 Å². The van der Waals surface area contributed by atoms with Gasteiger partial charge in [-0.15, -0.1) is 0 Å². The summed E-state index contributed by atoms with van der Waals surface area (Å²) >= 11 is 11.2. The van der Waals surface area contributed by atoms with Crippen molar-refractivity contribution in [2.75, 3.05) is 7.11 Å². The average molecular weight is 432 g/mol. The van der Waals surface area contributed by atoms with Crippen LogP contribution in [0.25, 0.3) is 0 Å². The Morgan fingerprint density at radius 1 is 1.14 bits per heavy atom. The van der Waals surface area contributed by atoms with E-state index in [1.54, 1.807) is 13.3 Å². The van der Waals surface area contributed by atoms with Gasteiger partial charge in [0, 0.05) is 11.1 Å². The van der Waals surface area contributed by atoms with Gasteiger partial charge in [0.2, 0.25) is 0 Å². The number of ether oxygens (including phenoxy) is 2. The van der Waals surface area contributed by atoms with E-state index in [9.17, 15) is 0 Å². The zero-order valence-corrected chi connectivity index (χ0v) is 18.1. The largest absolute Gasteiger partial charge is 0.493 e. The number of nitrogens with one attached hydrogen (secondary N) is 2. The van der Waals surface area contributed by atoms with Gasteiger partial charge in [-0.2, -0.15) is 5.10 Å². The topological polar surface area (TPSA) is 54.9 Å². The predicted octanol–water partition coefficient (Wildman–Crippen LogP) is 5.06. The number of methoxy groups -OCH3 is 1. The van der Waals surface area contributed by atoms with Crippen LogP contribution in [0.2, 0.25) is 5.02 Å². The fourth-order valence-electron chi connectivity index (χ4n) is 3.26. The molecule has 0 saturated heterocycles. The molecule has 29 heavy (non-hydrogen) atoms. The Labute approximate surface area is 182 Å². The van der Waals surface area contributed by atoms with E-state index in [1.807, 2.05) is 42.5 Å². The maximum absolute atomic E-state index is 5.91. The Balaban J connectivity index is 1.52. The quantitative estimate of drug-likeness (QED) is 0.364. The highest BCUT2D eigenvalue weighted by molar-refractivity contribution is 7.80. The molecule has 0 atom stereocenters. The molecule has 1 saturated carbocycles. The number of hydrogen-bond donors (Lipinski definition) is 2. The first-order valence-corrected chi connectivity index (χ1v) is 10.6. The highest BCUT2D eigenvalue weighted by atomic mass is 35.5. The molecule has 1 aliphatic carbocycles. The third-order valence-corrected chi connectivity index (χ3v) is 5.28. The molecule has 3 rings (SSSR count). The van der Waals surface area contributed by atoms with Gasteiger partial charge in [0.05, 0.1) is 13.3 Å². The fraction of sp³-hybridized carbons (Fsp3) is 0.364. The molecule has 0 unspecified atom stereocenters. The molecule has 0 radical (unpaired) electrons. The number of hydrazone groups is 1. The number of nitrogens with zero attached hydrogens (tertiary/aromatic N) is 1. The van der Waals surface area contributed by atoms with Crippen molar-refractivity contribution in [2.24, 2.45) is 5.10 Å². The second-order valence-electron chi connectivity index (χ2n) is 7.00. The minimum Gasteiger partial charge on any atom is -0.493 e. The summed E-state index contributed by atoms with van der Waals surface area (Å²) in [4.78, 5) is 0. The van der Waals surface area contributed by atoms with Crippen LogP contribution in [0.15, 0.2) is 47.6 Å². The Hall–Kier alpha value is -2.31. The van der Waals surface area contributed by atoms with Crippen LogP contribution in [0.3, 0.4) is 0 Å². The standard InChI is InChI=1S/C22H26ClN3O2S/c1-27-21-13-17(14-24-26-22(29)25-19-5-3-2-4-6-19)9-12-20(21)28-15-16-7-10-18(23)11-8-16/h7-14,19H,2-6,15H2,1H3,(H2,25,26,29)/b24-14-. The van der Waals surface area contributed by atoms with Gasteiger partial charge in [0.25, 0.3) is 0 Å². The lowest BCUT2D eigenvalue weighted by atomic mass is 9.96. The lowest BCUT2D eigenvalue weighted by molar-refractivity contribution is 0.284. The Morgan fingerprint density at radius 3 is 2.62 bits per heavy atom. The highest BCUT2D eigenvalue weighted by Gasteiger charge is 2.13. The van der Waals surface area contributed by atoms with Crippen LogP contribution in [-0.4, -0.2) is 24.5 Å². The van der Waals surface area contributed by atoms with Crippen molar-refractivity contribution in [3.05, 3.63) is 58.6 Å². The Morgan fingerprint density at radius 2 is 1.90 bits per heavy atom. The van der Waals surface area contributed by atoms with Crippen molar-refractivity contribution in [1.29, 1.82) is 0 Å². The van der Waals surface area contributed by atoms with Crippen LogP contribution >= 0.6 is 23.8 Å². The Kier molecular flexibility index (Phi) is 8.14. The summed E-state index contributed by atoms with van der Waals surface area (Å²) in [6.45, 7) is 0.434. The maximum atomic E-state index is 5.91. The molecule has 154 valence electrons. The van der Waals surface area contributed by atoms with Crippen LogP contribution in [0.5, 0.6) is 11.5 Å². The Bertz CT molecular complexity index is 836. The number of rotatable bonds is 7. The molecular formula is C22H26ClN3O2S. The summed E-state index contributed by atoms with van der Waals surface area (Å²) in [5, 5.41) is 8.82. The lowest BCUT2D eigenvalue weighted by Crippen LogP contribution is -2.40. The normalized spacial score (nSPS) is 14.6. The third kappa shape index (κ3) is 6.91. The zero-order chi connectivity index (χ0) is 20.5. The van der Waals surface area contributed by atoms with Gasteiger partial charge in [0.1, 0.15) is 6.61 Å². The second-order valence-corrected chi connectivity index (χ2v) is 7.85. The number of hydrogen-bond acceptors (Lipinski definition) is 4. The lowest BCUT2D eigenvalue weighted by Gasteiger charge is -2.23. The summed E-state index contributed by atoms with van der Waals surface area (Å²) in [7, 11) is 1.62. The molecule has 0 heterocycles. The first-order chi connectivity index (χ1) is 14.1. The minimum atomic E-state index is 0.434. The SMILES string of the molecule is COc1cc(/C=N\NC(=S)NC2CCCCC2)ccc1OCc1ccc(Cl)cc1. The van der Waals surface area contributed by atoms with Crippen LogP contribution in [0.1, 0.15) is 43.2 Å². The van der Waals surface area contributed by atoms with Crippen LogP contribution in [0, 0.1) is 0 Å². The van der Waals surface area contributed by atoms with E-state index in [2.05, 4.69) is 15.8 Å². The molecular weight excluding hydrogens is 406 g/mol. The summed E-state index contributed by atoms with van der Waals surface area (Å²) in [5.74, 6) is 1.31. The van der Waals surface area contributed by atoms with Gasteiger partial charge in [-0.3, -0.25) is 5.43 Å². The van der Waals surface area contributed by atoms with E-state index >= 15 is 0 Å². The average Bonchev–Trinajstić information content (AvgIpc) is 2.74. The van der Waals surface area contributed by atoms with Crippen LogP contribution < -0.4 is 20.2 Å². The molecule has 0 aliphatic heterocycles. The van der Waals surface area contributed by atoms with Crippen molar-refractivity contribution in [2.45, 2.75) is 44.8 Å². The fourth-order valence-corrected chi connectivity index (χ4v) is 3.60. The molecule has 2 aromatic carbocycles. The summed E-state index contributed by atoms with van der Waals surface area (Å²) in [5.41, 5.74) is 4.80. The van der Waals surface area contributed by atoms with E-state index in [0.717, 1.165) is 11.1 Å². The van der Waals surface area contributed by atoms with Crippen molar-refractivity contribution >= 4 is 35.1 Å². The van der Waals surface area contributed by atoms with Crippen LogP contribution in [-0.2, 0) is 6.61 Å². The van der Waals surface area contributed by atoms with Gasteiger partial charge in [-0.05, 0) is 66.5 Å². The van der Waals surface area contributed by atoms with Gasteiger partial charge in [0.15, 0.2) is 16.6 Å². The molecule has 5 nitrogen and oxygen atoms in total. The van der Waals surface area contributed by atoms with Crippen LogP contribution in [0.4, 0.5) is 0 Å². The molecule has 0 amide bonds. The molecule has 0 spiro atoms. The second kappa shape index (κ2) is 11.0. The van der Waals surface area contributed by atoms with Gasteiger partial charge >= 0.3 is 0 Å². The van der Waals surface area contributed by atoms with E-state index in [-0.39, 0.29) is 0 Å². The van der Waals surface area contributed by atoms with Gasteiger partial charge in [-0.1, -0.05) is 43.0 Å². The monoisotopic (exact) mass is 431 g/mol. The zero-order valence-electron chi connectivity index (χ0n) is 16.5. The van der Waals surface area contributed by atoms with Crippen molar-refractivity contribution in [3.8, 4) is 11.5 Å². The number of benzene rings is 2. The summed E-state index contributed by atoms with van der Waals surface area (Å²) < 4.78 is 11.3. The van der Waals surface area contributed by atoms with Crippen molar-refractivity contribution in [3.63, 3.8) is 0 Å². The van der Waals surface area contributed by atoms with E-state index < -0.39 is 0 Å². The minimum absolute atomic E-state index is 0.434. The molecule has 0 bridgehead atoms. The van der Waals surface area contributed by atoms with E-state index in [1.165, 1.54) is 32.1 Å². The first kappa shape index (κ1) is 21.4. The van der Waals surface area contributed by atoms with Gasteiger partial charge < -0.3 is 14.8 Å². The molecule has 7 heteroatoms. The highest BCUT2D eigenvalue weighted by Crippen LogP contribution is 2.28. The summed E-state index contributed by atoms with van der Waals surface area (Å²) in [6, 6.07) is 13.7. The number of halogens is 1. The summed E-state index contributed by atoms with van der Waals surface area (Å²) in [6.07, 6.45) is 7.88. The van der Waals surface area contributed by atoms with Crippen molar-refractivity contribution in [1.82, 2.24) is 10.7 Å². The first-order valence-electron chi connectivity index (χ1n) is 9.79. The molecule has 2 N–H and O–H groups in total. The maximum Gasteiger partial charge on any atom is 0.187 e. The third-order valence-electron chi connectivity index (χ3n) is 4.82. The van der Waals surface area contributed by atoms with E-state index in [0.29, 0.717) is 34.3 Å². The molecule has 1 fully saturated rings. The predicted molar refractivity (Wildman–Crippen MR) is 122 cm³/mol.